The van der Waals surface area contributed by atoms with E-state index in [9.17, 15) is 9.90 Å². The quantitative estimate of drug-likeness (QED) is 0.687. The molecule has 150 valence electrons. The molecular weight excluding hydrogens is 354 g/mol. The molecule has 6 nitrogen and oxygen atoms in total. The highest BCUT2D eigenvalue weighted by atomic mass is 16.5. The van der Waals surface area contributed by atoms with Crippen molar-refractivity contribution in [3.05, 3.63) is 60.2 Å². The SMILES string of the molecule is COc1cccc(NC(=O)N2[C@H](CO)[C@@H](c3ccccc3)[C@H]2CNC(C)C)c1. The summed E-state index contributed by atoms with van der Waals surface area (Å²) < 4.78 is 5.23. The standard InChI is InChI=1S/C22H29N3O3/c1-15(2)23-13-19-21(16-8-5-4-6-9-16)20(14-26)25(19)22(27)24-17-10-7-11-18(12-17)28-3/h4-12,15,19-21,23,26H,13-14H2,1-3H3,(H,24,27)/t19-,20-,21+/m1/s1. The van der Waals surface area contributed by atoms with Gasteiger partial charge in [-0.1, -0.05) is 50.2 Å². The molecule has 3 rings (SSSR count). The maximum atomic E-state index is 13.0. The summed E-state index contributed by atoms with van der Waals surface area (Å²) in [6.07, 6.45) is 0. The molecule has 2 aromatic carbocycles. The molecule has 0 bridgehead atoms. The Bertz CT molecular complexity index is 782. The summed E-state index contributed by atoms with van der Waals surface area (Å²) in [5.41, 5.74) is 1.81. The Morgan fingerprint density at radius 2 is 1.89 bits per heavy atom. The fourth-order valence-electron chi connectivity index (χ4n) is 3.84. The van der Waals surface area contributed by atoms with Crippen LogP contribution in [0.3, 0.4) is 0 Å². The van der Waals surface area contributed by atoms with Crippen LogP contribution < -0.4 is 15.4 Å². The number of aliphatic hydroxyl groups excluding tert-OH is 1. The van der Waals surface area contributed by atoms with E-state index in [2.05, 4.69) is 36.6 Å². The van der Waals surface area contributed by atoms with Crippen molar-refractivity contribution in [3.8, 4) is 5.75 Å². The van der Waals surface area contributed by atoms with Crippen molar-refractivity contribution in [3.63, 3.8) is 0 Å². The summed E-state index contributed by atoms with van der Waals surface area (Å²) in [6.45, 7) is 4.75. The highest BCUT2D eigenvalue weighted by Gasteiger charge is 2.50. The third kappa shape index (κ3) is 4.29. The highest BCUT2D eigenvalue weighted by Crippen LogP contribution is 2.40. The van der Waals surface area contributed by atoms with E-state index < -0.39 is 0 Å². The molecule has 0 saturated carbocycles. The lowest BCUT2D eigenvalue weighted by atomic mass is 9.75. The molecule has 3 atom stereocenters. The topological polar surface area (TPSA) is 73.8 Å². The summed E-state index contributed by atoms with van der Waals surface area (Å²) in [5.74, 6) is 0.772. The number of urea groups is 1. The highest BCUT2D eigenvalue weighted by molar-refractivity contribution is 5.91. The number of aliphatic hydroxyl groups is 1. The number of hydrogen-bond donors (Lipinski definition) is 3. The summed E-state index contributed by atoms with van der Waals surface area (Å²) in [4.78, 5) is 14.8. The molecule has 0 unspecified atom stereocenters. The minimum atomic E-state index is -0.257. The molecule has 1 heterocycles. The normalized spacial score (nSPS) is 21.3. The fraction of sp³-hybridized carbons (Fsp3) is 0.409. The van der Waals surface area contributed by atoms with Crippen molar-refractivity contribution < 1.29 is 14.6 Å². The number of anilines is 1. The first-order valence-electron chi connectivity index (χ1n) is 9.67. The Kier molecular flexibility index (Phi) is 6.54. The van der Waals surface area contributed by atoms with Gasteiger partial charge in [-0.25, -0.2) is 4.79 Å². The lowest BCUT2D eigenvalue weighted by molar-refractivity contribution is -0.00306. The molecule has 2 amide bonds. The van der Waals surface area contributed by atoms with E-state index in [4.69, 9.17) is 4.74 Å². The van der Waals surface area contributed by atoms with Gasteiger partial charge in [0.2, 0.25) is 0 Å². The van der Waals surface area contributed by atoms with Crippen LogP contribution in [0.4, 0.5) is 10.5 Å². The van der Waals surface area contributed by atoms with Crippen LogP contribution in [0, 0.1) is 0 Å². The van der Waals surface area contributed by atoms with Crippen molar-refractivity contribution >= 4 is 11.7 Å². The number of carbonyl (C=O) groups excluding carboxylic acids is 1. The van der Waals surface area contributed by atoms with Crippen LogP contribution in [0.1, 0.15) is 25.3 Å². The maximum Gasteiger partial charge on any atom is 0.322 e. The number of methoxy groups -OCH3 is 1. The molecule has 1 saturated heterocycles. The maximum absolute atomic E-state index is 13.0. The summed E-state index contributed by atoms with van der Waals surface area (Å²) in [5, 5.41) is 16.4. The number of likely N-dealkylation sites (tertiary alicyclic amines) is 1. The Balaban J connectivity index is 1.80. The Morgan fingerprint density at radius 3 is 2.54 bits per heavy atom. The van der Waals surface area contributed by atoms with E-state index in [0.717, 1.165) is 5.56 Å². The van der Waals surface area contributed by atoms with E-state index in [1.807, 2.05) is 36.4 Å². The second-order valence-electron chi connectivity index (χ2n) is 7.39. The molecular formula is C22H29N3O3. The summed E-state index contributed by atoms with van der Waals surface area (Å²) in [7, 11) is 1.59. The van der Waals surface area contributed by atoms with Crippen LogP contribution in [-0.4, -0.2) is 54.4 Å². The number of carbonyl (C=O) groups is 1. The van der Waals surface area contributed by atoms with Crippen molar-refractivity contribution in [2.75, 3.05) is 25.6 Å². The van der Waals surface area contributed by atoms with Gasteiger partial charge < -0.3 is 25.4 Å². The monoisotopic (exact) mass is 383 g/mol. The van der Waals surface area contributed by atoms with Gasteiger partial charge in [-0.15, -0.1) is 0 Å². The number of benzene rings is 2. The van der Waals surface area contributed by atoms with Gasteiger partial charge in [0.05, 0.1) is 25.8 Å². The van der Waals surface area contributed by atoms with Crippen LogP contribution in [0.2, 0.25) is 0 Å². The third-order valence-electron chi connectivity index (χ3n) is 5.21. The number of nitrogens with one attached hydrogen (secondary N) is 2. The predicted octanol–water partition coefficient (Wildman–Crippen LogP) is 3.05. The van der Waals surface area contributed by atoms with Crippen LogP contribution in [0.25, 0.3) is 0 Å². The van der Waals surface area contributed by atoms with Gasteiger partial charge in [0.25, 0.3) is 0 Å². The minimum absolute atomic E-state index is 0.0347. The molecule has 0 aromatic heterocycles. The van der Waals surface area contributed by atoms with E-state index in [1.165, 1.54) is 0 Å². The van der Waals surface area contributed by atoms with Crippen LogP contribution in [0.5, 0.6) is 5.75 Å². The Morgan fingerprint density at radius 1 is 1.14 bits per heavy atom. The van der Waals surface area contributed by atoms with Crippen LogP contribution in [-0.2, 0) is 0 Å². The van der Waals surface area contributed by atoms with Gasteiger partial charge >= 0.3 is 6.03 Å². The van der Waals surface area contributed by atoms with Crippen molar-refractivity contribution in [2.45, 2.75) is 37.9 Å². The predicted molar refractivity (Wildman–Crippen MR) is 111 cm³/mol. The number of rotatable bonds is 7. The lowest BCUT2D eigenvalue weighted by Gasteiger charge is -2.55. The second-order valence-corrected chi connectivity index (χ2v) is 7.39. The van der Waals surface area contributed by atoms with Crippen LogP contribution >= 0.6 is 0 Å². The lowest BCUT2D eigenvalue weighted by Crippen LogP contribution is -2.69. The number of nitrogens with zero attached hydrogens (tertiary/aromatic N) is 1. The zero-order valence-electron chi connectivity index (χ0n) is 16.6. The molecule has 1 aliphatic heterocycles. The summed E-state index contributed by atoms with van der Waals surface area (Å²) >= 11 is 0. The largest absolute Gasteiger partial charge is 0.497 e. The van der Waals surface area contributed by atoms with Gasteiger partial charge in [-0.05, 0) is 17.7 Å². The molecule has 1 aliphatic rings. The molecule has 6 heteroatoms. The third-order valence-corrected chi connectivity index (χ3v) is 5.21. The van der Waals surface area contributed by atoms with Gasteiger partial charge in [-0.3, -0.25) is 0 Å². The van der Waals surface area contributed by atoms with Crippen molar-refractivity contribution in [1.29, 1.82) is 0 Å². The molecule has 0 aliphatic carbocycles. The van der Waals surface area contributed by atoms with Crippen molar-refractivity contribution in [2.24, 2.45) is 0 Å². The molecule has 3 N–H and O–H groups in total. The Labute approximate surface area is 166 Å². The van der Waals surface area contributed by atoms with Gasteiger partial charge in [0.15, 0.2) is 0 Å². The van der Waals surface area contributed by atoms with Gasteiger partial charge in [0.1, 0.15) is 5.75 Å². The summed E-state index contributed by atoms with van der Waals surface area (Å²) in [6, 6.07) is 17.2. The first kappa shape index (κ1) is 20.2. The molecule has 28 heavy (non-hydrogen) atoms. The van der Waals surface area contributed by atoms with Crippen LogP contribution in [0.15, 0.2) is 54.6 Å². The van der Waals surface area contributed by atoms with E-state index in [1.54, 1.807) is 18.1 Å². The van der Waals surface area contributed by atoms with Crippen molar-refractivity contribution in [1.82, 2.24) is 10.2 Å². The molecule has 1 fully saturated rings. The molecule has 0 radical (unpaired) electrons. The first-order valence-corrected chi connectivity index (χ1v) is 9.67. The van der Waals surface area contributed by atoms with Gasteiger partial charge in [0, 0.05) is 30.3 Å². The van der Waals surface area contributed by atoms with E-state index >= 15 is 0 Å². The van der Waals surface area contributed by atoms with E-state index in [-0.39, 0.29) is 30.6 Å². The molecule has 2 aromatic rings. The number of ether oxygens (including phenoxy) is 1. The average Bonchev–Trinajstić information content (AvgIpc) is 2.68. The number of amides is 2. The zero-order chi connectivity index (χ0) is 20.1. The average molecular weight is 383 g/mol. The van der Waals surface area contributed by atoms with E-state index in [0.29, 0.717) is 24.0 Å². The first-order chi connectivity index (χ1) is 13.5. The number of hydrogen-bond acceptors (Lipinski definition) is 4. The minimum Gasteiger partial charge on any atom is -0.497 e. The smallest absolute Gasteiger partial charge is 0.322 e. The fourth-order valence-corrected chi connectivity index (χ4v) is 3.84. The zero-order valence-corrected chi connectivity index (χ0v) is 16.6. The Hall–Kier alpha value is -2.57. The second kappa shape index (κ2) is 9.08. The molecule has 0 spiro atoms. The van der Waals surface area contributed by atoms with Gasteiger partial charge in [-0.2, -0.15) is 0 Å².